The highest BCUT2D eigenvalue weighted by Gasteiger charge is 2.26. The zero-order valence-corrected chi connectivity index (χ0v) is 17.1. The number of nitrogens with zero attached hydrogens (tertiary/aromatic N) is 2. The van der Waals surface area contributed by atoms with Gasteiger partial charge < -0.3 is 14.2 Å². The summed E-state index contributed by atoms with van der Waals surface area (Å²) < 4.78 is 7.07. The van der Waals surface area contributed by atoms with Crippen molar-refractivity contribution in [2.24, 2.45) is 7.05 Å². The maximum absolute atomic E-state index is 12.4. The third-order valence-electron chi connectivity index (χ3n) is 4.83. The van der Waals surface area contributed by atoms with Crippen molar-refractivity contribution in [2.45, 2.75) is 39.2 Å². The third kappa shape index (κ3) is 4.71. The van der Waals surface area contributed by atoms with Gasteiger partial charge in [0.1, 0.15) is 5.60 Å². The Bertz CT molecular complexity index is 926. The summed E-state index contributed by atoms with van der Waals surface area (Å²) >= 11 is 0. The van der Waals surface area contributed by atoms with Gasteiger partial charge in [0.15, 0.2) is 0 Å². The summed E-state index contributed by atoms with van der Waals surface area (Å²) in [6.45, 7) is 6.87. The lowest BCUT2D eigenvalue weighted by Crippen LogP contribution is -2.40. The van der Waals surface area contributed by atoms with Crippen molar-refractivity contribution in [1.29, 1.82) is 0 Å². The predicted molar refractivity (Wildman–Crippen MR) is 111 cm³/mol. The number of pyridine rings is 1. The van der Waals surface area contributed by atoms with Crippen molar-refractivity contribution in [3.8, 4) is 0 Å². The number of rotatable bonds is 2. The number of piperidine rings is 1. The molecular formula is C23H28N2O3. The zero-order valence-electron chi connectivity index (χ0n) is 17.1. The van der Waals surface area contributed by atoms with Crippen LogP contribution in [0.4, 0.5) is 4.79 Å². The SMILES string of the molecule is Cn1ccc(C(=C2CCN(C(=O)OC(C)(C)C)CC2)c2ccccc2)cc1=O. The average Bonchev–Trinajstić information content (AvgIpc) is 2.65. The fourth-order valence-corrected chi connectivity index (χ4v) is 3.42. The van der Waals surface area contributed by atoms with Gasteiger partial charge in [0.05, 0.1) is 0 Å². The summed E-state index contributed by atoms with van der Waals surface area (Å²) in [4.78, 5) is 26.3. The van der Waals surface area contributed by atoms with Crippen molar-refractivity contribution >= 4 is 11.7 Å². The van der Waals surface area contributed by atoms with Crippen molar-refractivity contribution in [3.63, 3.8) is 0 Å². The number of amides is 1. The van der Waals surface area contributed by atoms with Crippen LogP contribution in [0.1, 0.15) is 44.7 Å². The molecule has 148 valence electrons. The van der Waals surface area contributed by atoms with E-state index in [1.54, 1.807) is 28.8 Å². The van der Waals surface area contributed by atoms with Gasteiger partial charge >= 0.3 is 6.09 Å². The maximum atomic E-state index is 12.4. The van der Waals surface area contributed by atoms with Crippen LogP contribution in [0.15, 0.2) is 59.0 Å². The summed E-state index contributed by atoms with van der Waals surface area (Å²) in [5.74, 6) is 0. The van der Waals surface area contributed by atoms with Crippen LogP contribution in [-0.2, 0) is 11.8 Å². The molecule has 0 spiro atoms. The van der Waals surface area contributed by atoms with Crippen LogP contribution in [0, 0.1) is 0 Å². The number of aromatic nitrogens is 1. The highest BCUT2D eigenvalue weighted by molar-refractivity contribution is 5.82. The number of ether oxygens (including phenoxy) is 1. The van der Waals surface area contributed by atoms with Gasteiger partial charge in [-0.3, -0.25) is 4.79 Å². The number of carbonyl (C=O) groups excluding carboxylic acids is 1. The van der Waals surface area contributed by atoms with E-state index in [2.05, 4.69) is 12.1 Å². The fraction of sp³-hybridized carbons (Fsp3) is 0.391. The Kier molecular flexibility index (Phi) is 5.73. The molecule has 0 aliphatic carbocycles. The van der Waals surface area contributed by atoms with Gasteiger partial charge in [0.2, 0.25) is 0 Å². The Morgan fingerprint density at radius 3 is 2.21 bits per heavy atom. The Morgan fingerprint density at radius 1 is 1.00 bits per heavy atom. The highest BCUT2D eigenvalue weighted by atomic mass is 16.6. The lowest BCUT2D eigenvalue weighted by molar-refractivity contribution is 0.0236. The van der Waals surface area contributed by atoms with Crippen LogP contribution in [0.3, 0.4) is 0 Å². The standard InChI is InChI=1S/C23H28N2O3/c1-23(2,3)28-22(27)25-14-11-18(12-15-25)21(17-8-6-5-7-9-17)19-10-13-24(4)20(26)16-19/h5-10,13,16H,11-12,14-15H2,1-4H3. The normalized spacial score (nSPS) is 14.7. The monoisotopic (exact) mass is 380 g/mol. The molecule has 1 aliphatic rings. The smallest absolute Gasteiger partial charge is 0.410 e. The molecule has 5 heteroatoms. The van der Waals surface area contributed by atoms with Gasteiger partial charge in [0.25, 0.3) is 5.56 Å². The van der Waals surface area contributed by atoms with Crippen LogP contribution in [0.2, 0.25) is 0 Å². The van der Waals surface area contributed by atoms with E-state index in [0.717, 1.165) is 29.5 Å². The largest absolute Gasteiger partial charge is 0.444 e. The number of hydrogen-bond acceptors (Lipinski definition) is 3. The fourth-order valence-electron chi connectivity index (χ4n) is 3.42. The molecule has 0 unspecified atom stereocenters. The summed E-state index contributed by atoms with van der Waals surface area (Å²) in [5, 5.41) is 0. The number of likely N-dealkylation sites (tertiary alicyclic amines) is 1. The lowest BCUT2D eigenvalue weighted by atomic mass is 9.89. The summed E-state index contributed by atoms with van der Waals surface area (Å²) in [6, 6.07) is 13.8. The second-order valence-corrected chi connectivity index (χ2v) is 8.18. The Morgan fingerprint density at radius 2 is 1.64 bits per heavy atom. The minimum atomic E-state index is -0.494. The average molecular weight is 380 g/mol. The molecule has 5 nitrogen and oxygen atoms in total. The van der Waals surface area contributed by atoms with E-state index in [-0.39, 0.29) is 11.7 Å². The van der Waals surface area contributed by atoms with Gasteiger partial charge in [-0.15, -0.1) is 0 Å². The van der Waals surface area contributed by atoms with Crippen LogP contribution in [0.25, 0.3) is 5.57 Å². The topological polar surface area (TPSA) is 51.5 Å². The molecule has 1 amide bonds. The zero-order chi connectivity index (χ0) is 20.3. The van der Waals surface area contributed by atoms with E-state index < -0.39 is 5.60 Å². The Balaban J connectivity index is 1.91. The summed E-state index contributed by atoms with van der Waals surface area (Å²) in [7, 11) is 1.75. The van der Waals surface area contributed by atoms with E-state index >= 15 is 0 Å². The molecule has 1 aromatic carbocycles. The molecule has 0 radical (unpaired) electrons. The van der Waals surface area contributed by atoms with E-state index in [9.17, 15) is 9.59 Å². The molecule has 2 heterocycles. The molecule has 0 saturated carbocycles. The first kappa shape index (κ1) is 19.9. The quantitative estimate of drug-likeness (QED) is 0.784. The molecule has 1 aliphatic heterocycles. The van der Waals surface area contributed by atoms with E-state index in [4.69, 9.17) is 4.74 Å². The van der Waals surface area contributed by atoms with E-state index in [0.29, 0.717) is 13.1 Å². The molecule has 1 fully saturated rings. The Hall–Kier alpha value is -2.82. The summed E-state index contributed by atoms with van der Waals surface area (Å²) in [6.07, 6.45) is 3.07. The molecule has 0 atom stereocenters. The van der Waals surface area contributed by atoms with Crippen LogP contribution in [0.5, 0.6) is 0 Å². The molecule has 0 N–H and O–H groups in total. The molecule has 1 saturated heterocycles. The number of aryl methyl sites for hydroxylation is 1. The summed E-state index contributed by atoms with van der Waals surface area (Å²) in [5.41, 5.74) is 3.86. The number of benzene rings is 1. The second kappa shape index (κ2) is 8.05. The van der Waals surface area contributed by atoms with Crippen LogP contribution in [-0.4, -0.2) is 34.3 Å². The molecule has 0 bridgehead atoms. The first-order valence-electron chi connectivity index (χ1n) is 9.67. The predicted octanol–water partition coefficient (Wildman–Crippen LogP) is 4.22. The van der Waals surface area contributed by atoms with Crippen LogP contribution < -0.4 is 5.56 Å². The second-order valence-electron chi connectivity index (χ2n) is 8.18. The molecule has 3 rings (SSSR count). The van der Waals surface area contributed by atoms with Gasteiger partial charge in [-0.2, -0.15) is 0 Å². The first-order chi connectivity index (χ1) is 13.2. The van der Waals surface area contributed by atoms with Gasteiger partial charge in [-0.05, 0) is 56.4 Å². The highest BCUT2D eigenvalue weighted by Crippen LogP contribution is 2.32. The van der Waals surface area contributed by atoms with Crippen molar-refractivity contribution in [2.75, 3.05) is 13.1 Å². The minimum Gasteiger partial charge on any atom is -0.444 e. The van der Waals surface area contributed by atoms with Crippen molar-refractivity contribution in [3.05, 3.63) is 75.7 Å². The molecular weight excluding hydrogens is 352 g/mol. The van der Waals surface area contributed by atoms with Crippen LogP contribution >= 0.6 is 0 Å². The lowest BCUT2D eigenvalue weighted by Gasteiger charge is -2.32. The minimum absolute atomic E-state index is 0.0299. The molecule has 1 aromatic heterocycles. The number of hydrogen-bond donors (Lipinski definition) is 0. The van der Waals surface area contributed by atoms with E-state index in [1.807, 2.05) is 45.0 Å². The first-order valence-corrected chi connectivity index (χ1v) is 9.67. The van der Waals surface area contributed by atoms with Crippen molar-refractivity contribution in [1.82, 2.24) is 9.47 Å². The third-order valence-corrected chi connectivity index (χ3v) is 4.83. The Labute approximate surface area is 166 Å². The van der Waals surface area contributed by atoms with Crippen molar-refractivity contribution < 1.29 is 9.53 Å². The van der Waals surface area contributed by atoms with Gasteiger partial charge in [0, 0.05) is 32.4 Å². The maximum Gasteiger partial charge on any atom is 0.410 e. The molecule has 28 heavy (non-hydrogen) atoms. The van der Waals surface area contributed by atoms with E-state index in [1.165, 1.54) is 5.57 Å². The number of carbonyl (C=O) groups is 1. The molecule has 2 aromatic rings. The van der Waals surface area contributed by atoms with Gasteiger partial charge in [-0.1, -0.05) is 35.9 Å². The van der Waals surface area contributed by atoms with Gasteiger partial charge in [-0.25, -0.2) is 4.79 Å².